The molecule has 0 radical (unpaired) electrons. The minimum atomic E-state index is -1.14. The Morgan fingerprint density at radius 2 is 2.09 bits per heavy atom. The number of carboxylic acids is 1. The summed E-state index contributed by atoms with van der Waals surface area (Å²) >= 11 is 0. The van der Waals surface area contributed by atoms with Gasteiger partial charge < -0.3 is 15.9 Å². The van der Waals surface area contributed by atoms with Crippen LogP contribution < -0.4 is 5.73 Å². The minimum absolute atomic E-state index is 0.0930. The molecular formula is C7H15NO3. The number of aliphatic carboxylic acids is 1. The molecule has 0 saturated carbocycles. The van der Waals surface area contributed by atoms with Gasteiger partial charge in [-0.2, -0.15) is 0 Å². The first-order valence-corrected chi connectivity index (χ1v) is 3.64. The van der Waals surface area contributed by atoms with Crippen molar-refractivity contribution < 1.29 is 15.0 Å². The van der Waals surface area contributed by atoms with E-state index in [0.717, 1.165) is 0 Å². The lowest BCUT2D eigenvalue weighted by Gasteiger charge is -2.18. The van der Waals surface area contributed by atoms with Crippen molar-refractivity contribution in [3.8, 4) is 0 Å². The van der Waals surface area contributed by atoms with E-state index < -0.39 is 11.5 Å². The third-order valence-corrected chi connectivity index (χ3v) is 1.59. The number of nitrogens with two attached hydrogens (primary N) is 1. The van der Waals surface area contributed by atoms with Crippen molar-refractivity contribution >= 4 is 5.97 Å². The number of hydrogen-bond donors (Lipinski definition) is 3. The summed E-state index contributed by atoms with van der Waals surface area (Å²) in [5.74, 6) is -0.990. The molecule has 4 N–H and O–H groups in total. The summed E-state index contributed by atoms with van der Waals surface area (Å²) in [4.78, 5) is 10.4. The van der Waals surface area contributed by atoms with Crippen molar-refractivity contribution in [1.29, 1.82) is 0 Å². The van der Waals surface area contributed by atoms with E-state index in [9.17, 15) is 4.79 Å². The molecule has 0 bridgehead atoms. The third kappa shape index (κ3) is 3.95. The molecule has 4 heteroatoms. The van der Waals surface area contributed by atoms with Gasteiger partial charge in [0.15, 0.2) is 0 Å². The quantitative estimate of drug-likeness (QED) is 0.494. The monoisotopic (exact) mass is 161 g/mol. The number of hydrogen-bond acceptors (Lipinski definition) is 3. The average molecular weight is 161 g/mol. The molecule has 4 nitrogen and oxygen atoms in total. The molecule has 0 unspecified atom stereocenters. The van der Waals surface area contributed by atoms with Crippen LogP contribution in [-0.4, -0.2) is 28.3 Å². The number of aliphatic hydroxyl groups is 1. The van der Waals surface area contributed by atoms with E-state index in [4.69, 9.17) is 15.9 Å². The van der Waals surface area contributed by atoms with E-state index in [1.807, 2.05) is 0 Å². The van der Waals surface area contributed by atoms with Crippen LogP contribution in [0.4, 0.5) is 0 Å². The van der Waals surface area contributed by atoms with Crippen molar-refractivity contribution in [2.24, 2.45) is 5.73 Å². The first-order chi connectivity index (χ1) is 5.00. The normalized spacial score (nSPS) is 15.9. The zero-order valence-corrected chi connectivity index (χ0v) is 6.71. The molecule has 0 aliphatic heterocycles. The van der Waals surface area contributed by atoms with Gasteiger partial charge in [-0.05, 0) is 26.2 Å². The molecule has 0 aromatic rings. The second kappa shape index (κ2) is 4.31. The Morgan fingerprint density at radius 1 is 1.55 bits per heavy atom. The van der Waals surface area contributed by atoms with Crippen LogP contribution in [0.15, 0.2) is 0 Å². The van der Waals surface area contributed by atoms with E-state index >= 15 is 0 Å². The van der Waals surface area contributed by atoms with Crippen molar-refractivity contribution in [1.82, 2.24) is 0 Å². The van der Waals surface area contributed by atoms with Crippen LogP contribution >= 0.6 is 0 Å². The number of unbranched alkanes of at least 4 members (excludes halogenated alkanes) is 1. The summed E-state index contributed by atoms with van der Waals surface area (Å²) in [5, 5.41) is 17.0. The van der Waals surface area contributed by atoms with Crippen LogP contribution in [0, 0.1) is 0 Å². The summed E-state index contributed by atoms with van der Waals surface area (Å²) in [7, 11) is 0. The van der Waals surface area contributed by atoms with Gasteiger partial charge in [0.25, 0.3) is 0 Å². The van der Waals surface area contributed by atoms with Crippen molar-refractivity contribution in [2.75, 3.05) is 6.61 Å². The fourth-order valence-electron chi connectivity index (χ4n) is 0.711. The number of carboxylic acid groups (broad SMARTS) is 1. The zero-order chi connectivity index (χ0) is 8.91. The van der Waals surface area contributed by atoms with Gasteiger partial charge in [-0.15, -0.1) is 0 Å². The Hall–Kier alpha value is -0.610. The molecule has 0 spiro atoms. The van der Waals surface area contributed by atoms with Crippen LogP contribution in [0.2, 0.25) is 0 Å². The highest BCUT2D eigenvalue weighted by atomic mass is 16.4. The van der Waals surface area contributed by atoms with Crippen molar-refractivity contribution in [2.45, 2.75) is 31.7 Å². The lowest BCUT2D eigenvalue weighted by Crippen LogP contribution is -2.44. The summed E-state index contributed by atoms with van der Waals surface area (Å²) in [6.07, 6.45) is 1.67. The smallest absolute Gasteiger partial charge is 0.323 e. The van der Waals surface area contributed by atoms with Crippen LogP contribution in [0.3, 0.4) is 0 Å². The van der Waals surface area contributed by atoms with Gasteiger partial charge in [-0.3, -0.25) is 4.79 Å². The van der Waals surface area contributed by atoms with Gasteiger partial charge in [-0.25, -0.2) is 0 Å². The maximum atomic E-state index is 10.4. The highest BCUT2D eigenvalue weighted by molar-refractivity contribution is 5.77. The van der Waals surface area contributed by atoms with E-state index in [2.05, 4.69) is 0 Å². The lowest BCUT2D eigenvalue weighted by atomic mass is 9.97. The predicted molar refractivity (Wildman–Crippen MR) is 41.2 cm³/mol. The van der Waals surface area contributed by atoms with Crippen molar-refractivity contribution in [3.63, 3.8) is 0 Å². The Kier molecular flexibility index (Phi) is 4.07. The molecular weight excluding hydrogens is 146 g/mol. The maximum Gasteiger partial charge on any atom is 0.323 e. The average Bonchev–Trinajstić information content (AvgIpc) is 1.88. The first-order valence-electron chi connectivity index (χ1n) is 3.64. The third-order valence-electron chi connectivity index (χ3n) is 1.59. The maximum absolute atomic E-state index is 10.4. The second-order valence-electron chi connectivity index (χ2n) is 2.90. The molecule has 0 aliphatic carbocycles. The number of aliphatic hydroxyl groups excluding tert-OH is 1. The molecule has 66 valence electrons. The molecule has 0 rings (SSSR count). The van der Waals surface area contributed by atoms with Gasteiger partial charge in [0.05, 0.1) is 0 Å². The van der Waals surface area contributed by atoms with Crippen LogP contribution in [-0.2, 0) is 4.79 Å². The number of rotatable bonds is 5. The first kappa shape index (κ1) is 10.4. The van der Waals surface area contributed by atoms with Gasteiger partial charge in [0.1, 0.15) is 5.54 Å². The molecule has 0 heterocycles. The van der Waals surface area contributed by atoms with E-state index in [-0.39, 0.29) is 6.61 Å². The van der Waals surface area contributed by atoms with E-state index in [0.29, 0.717) is 19.3 Å². The van der Waals surface area contributed by atoms with Crippen molar-refractivity contribution in [3.05, 3.63) is 0 Å². The molecule has 0 aromatic carbocycles. The second-order valence-corrected chi connectivity index (χ2v) is 2.90. The van der Waals surface area contributed by atoms with Gasteiger partial charge in [-0.1, -0.05) is 0 Å². The van der Waals surface area contributed by atoms with Gasteiger partial charge in [0, 0.05) is 6.61 Å². The molecule has 0 aromatic heterocycles. The summed E-state index contributed by atoms with van der Waals surface area (Å²) < 4.78 is 0. The van der Waals surface area contributed by atoms with Crippen LogP contribution in [0.5, 0.6) is 0 Å². The summed E-state index contributed by atoms with van der Waals surface area (Å²) in [6, 6.07) is 0. The van der Waals surface area contributed by atoms with Gasteiger partial charge >= 0.3 is 5.97 Å². The predicted octanol–water partition coefficient (Wildman–Crippen LogP) is -0.0490. The highest BCUT2D eigenvalue weighted by Gasteiger charge is 2.26. The van der Waals surface area contributed by atoms with E-state index in [1.165, 1.54) is 6.92 Å². The molecule has 0 saturated heterocycles. The summed E-state index contributed by atoms with van der Waals surface area (Å²) in [6.45, 7) is 1.57. The van der Waals surface area contributed by atoms with Gasteiger partial charge in [0.2, 0.25) is 0 Å². The Balaban J connectivity index is 3.64. The van der Waals surface area contributed by atoms with E-state index in [1.54, 1.807) is 0 Å². The Labute approximate surface area is 66.0 Å². The lowest BCUT2D eigenvalue weighted by molar-refractivity contribution is -0.142. The standard InChI is InChI=1S/C7H15NO3/c1-7(8,6(10)11)4-2-3-5-9/h9H,2-5,8H2,1H3,(H,10,11)/t7-/m0/s1. The molecule has 0 aliphatic rings. The fourth-order valence-corrected chi connectivity index (χ4v) is 0.711. The largest absolute Gasteiger partial charge is 0.480 e. The molecule has 0 fully saturated rings. The van der Waals surface area contributed by atoms with Crippen LogP contribution in [0.1, 0.15) is 26.2 Å². The molecule has 1 atom stereocenters. The fraction of sp³-hybridized carbons (Fsp3) is 0.857. The van der Waals surface area contributed by atoms with Crippen LogP contribution in [0.25, 0.3) is 0 Å². The highest BCUT2D eigenvalue weighted by Crippen LogP contribution is 2.09. The Morgan fingerprint density at radius 3 is 2.45 bits per heavy atom. The zero-order valence-electron chi connectivity index (χ0n) is 6.71. The number of carbonyl (C=O) groups is 1. The summed E-state index contributed by atoms with van der Waals surface area (Å²) in [5.41, 5.74) is 4.28. The molecule has 11 heavy (non-hydrogen) atoms. The SMILES string of the molecule is C[C@](N)(CCCCO)C(=O)O. The Bertz CT molecular complexity index is 134. The molecule has 0 amide bonds. The topological polar surface area (TPSA) is 83.5 Å². The minimum Gasteiger partial charge on any atom is -0.480 e.